The van der Waals surface area contributed by atoms with Crippen molar-refractivity contribution in [2.45, 2.75) is 44.7 Å². The summed E-state index contributed by atoms with van der Waals surface area (Å²) in [7, 11) is 0. The molecule has 6 nitrogen and oxygen atoms in total. The third-order valence-electron chi connectivity index (χ3n) is 6.48. The zero-order valence-corrected chi connectivity index (χ0v) is 18.4. The third-order valence-corrected chi connectivity index (χ3v) is 6.48. The first-order chi connectivity index (χ1) is 16.4. The van der Waals surface area contributed by atoms with Crippen molar-refractivity contribution >= 4 is 17.0 Å². The highest BCUT2D eigenvalue weighted by molar-refractivity contribution is 5.91. The summed E-state index contributed by atoms with van der Waals surface area (Å²) in [6.45, 7) is -0.0401. The number of halogens is 2. The fourth-order valence-corrected chi connectivity index (χ4v) is 4.84. The van der Waals surface area contributed by atoms with Gasteiger partial charge in [-0.1, -0.05) is 43.5 Å². The molecular weight excluding hydrogens is 440 g/mol. The number of carboxylic acid groups (broad SMARTS) is 1. The van der Waals surface area contributed by atoms with E-state index in [1.54, 1.807) is 18.2 Å². The van der Waals surface area contributed by atoms with Crippen LogP contribution in [0.3, 0.4) is 0 Å². The summed E-state index contributed by atoms with van der Waals surface area (Å²) in [6.07, 6.45) is 4.71. The number of hydrogen-bond acceptors (Lipinski definition) is 3. The summed E-state index contributed by atoms with van der Waals surface area (Å²) in [5.41, 5.74) is 0.600. The number of imidazole rings is 1. The van der Waals surface area contributed by atoms with E-state index < -0.39 is 23.2 Å². The molecule has 1 N–H and O–H groups in total. The zero-order chi connectivity index (χ0) is 23.8. The van der Waals surface area contributed by atoms with Crippen molar-refractivity contribution in [2.24, 2.45) is 0 Å². The minimum Gasteiger partial charge on any atom is -0.477 e. The Morgan fingerprint density at radius 2 is 1.74 bits per heavy atom. The average molecular weight is 463 g/mol. The SMILES string of the molecule is O=C(O)c1cc2nc(-c3ccccc3F)n(C3CCCCC3)c2c(=O)n1Cc1ccc(F)cc1. The number of carboxylic acids is 1. The summed E-state index contributed by atoms with van der Waals surface area (Å²) in [6, 6.07) is 13.1. The maximum atomic E-state index is 14.8. The maximum absolute atomic E-state index is 14.8. The van der Waals surface area contributed by atoms with Crippen LogP contribution in [0.15, 0.2) is 59.4 Å². The largest absolute Gasteiger partial charge is 0.477 e. The summed E-state index contributed by atoms with van der Waals surface area (Å²) in [5.74, 6) is -1.83. The number of rotatable bonds is 5. The quantitative estimate of drug-likeness (QED) is 0.430. The van der Waals surface area contributed by atoms with Crippen LogP contribution in [0.2, 0.25) is 0 Å². The molecule has 1 saturated carbocycles. The molecule has 8 heteroatoms. The predicted octanol–water partition coefficient (Wildman–Crippen LogP) is 5.39. The van der Waals surface area contributed by atoms with Crippen molar-refractivity contribution in [1.82, 2.24) is 14.1 Å². The van der Waals surface area contributed by atoms with Gasteiger partial charge in [0.05, 0.1) is 17.6 Å². The van der Waals surface area contributed by atoms with Crippen molar-refractivity contribution in [1.29, 1.82) is 0 Å². The number of hydrogen-bond donors (Lipinski definition) is 1. The van der Waals surface area contributed by atoms with Gasteiger partial charge in [0.1, 0.15) is 28.7 Å². The summed E-state index contributed by atoms with van der Waals surface area (Å²) < 4.78 is 31.1. The zero-order valence-electron chi connectivity index (χ0n) is 18.4. The van der Waals surface area contributed by atoms with E-state index in [0.29, 0.717) is 11.4 Å². The van der Waals surface area contributed by atoms with Crippen molar-refractivity contribution in [3.8, 4) is 11.4 Å². The van der Waals surface area contributed by atoms with Crippen molar-refractivity contribution < 1.29 is 18.7 Å². The van der Waals surface area contributed by atoms with Gasteiger partial charge < -0.3 is 9.67 Å². The highest BCUT2D eigenvalue weighted by atomic mass is 19.1. The molecule has 2 aromatic heterocycles. The Kier molecular flexibility index (Phi) is 5.73. The first-order valence-corrected chi connectivity index (χ1v) is 11.3. The molecule has 2 aromatic carbocycles. The first kappa shape index (κ1) is 22.0. The van der Waals surface area contributed by atoms with Gasteiger partial charge in [-0.25, -0.2) is 18.6 Å². The molecular formula is C26H23F2N3O3. The van der Waals surface area contributed by atoms with E-state index in [0.717, 1.165) is 32.1 Å². The van der Waals surface area contributed by atoms with E-state index in [4.69, 9.17) is 0 Å². The minimum atomic E-state index is -1.28. The molecule has 174 valence electrons. The van der Waals surface area contributed by atoms with Gasteiger partial charge in [-0.2, -0.15) is 0 Å². The highest BCUT2D eigenvalue weighted by Crippen LogP contribution is 2.36. The van der Waals surface area contributed by atoms with E-state index in [-0.39, 0.29) is 34.9 Å². The van der Waals surface area contributed by atoms with E-state index >= 15 is 0 Å². The average Bonchev–Trinajstić information content (AvgIpc) is 3.22. The Balaban J connectivity index is 1.79. The molecule has 5 rings (SSSR count). The fraction of sp³-hybridized carbons (Fsp3) is 0.269. The lowest BCUT2D eigenvalue weighted by molar-refractivity contribution is 0.0684. The molecule has 0 spiro atoms. The Bertz CT molecular complexity index is 1430. The number of aromatic carboxylic acids is 1. The lowest BCUT2D eigenvalue weighted by atomic mass is 9.95. The second kappa shape index (κ2) is 8.85. The summed E-state index contributed by atoms with van der Waals surface area (Å²) in [4.78, 5) is 30.4. The lowest BCUT2D eigenvalue weighted by Crippen LogP contribution is -2.29. The number of carbonyl (C=O) groups is 1. The van der Waals surface area contributed by atoms with Crippen molar-refractivity contribution in [2.75, 3.05) is 0 Å². The Hall–Kier alpha value is -3.81. The van der Waals surface area contributed by atoms with Gasteiger partial charge in [0.25, 0.3) is 5.56 Å². The maximum Gasteiger partial charge on any atom is 0.352 e. The smallest absolute Gasteiger partial charge is 0.352 e. The van der Waals surface area contributed by atoms with Crippen LogP contribution in [0.5, 0.6) is 0 Å². The molecule has 0 saturated heterocycles. The van der Waals surface area contributed by atoms with Crippen LogP contribution < -0.4 is 5.56 Å². The predicted molar refractivity (Wildman–Crippen MR) is 124 cm³/mol. The van der Waals surface area contributed by atoms with Gasteiger partial charge in [0.15, 0.2) is 0 Å². The molecule has 1 fully saturated rings. The Labute approximate surface area is 194 Å². The summed E-state index contributed by atoms with van der Waals surface area (Å²) >= 11 is 0. The van der Waals surface area contributed by atoms with E-state index in [1.807, 2.05) is 4.57 Å². The number of benzene rings is 2. The molecule has 0 radical (unpaired) electrons. The molecule has 0 unspecified atom stereocenters. The molecule has 1 aliphatic carbocycles. The fourth-order valence-electron chi connectivity index (χ4n) is 4.84. The van der Waals surface area contributed by atoms with E-state index in [2.05, 4.69) is 4.98 Å². The van der Waals surface area contributed by atoms with Crippen LogP contribution in [0, 0.1) is 11.6 Å². The molecule has 4 aromatic rings. The van der Waals surface area contributed by atoms with Crippen LogP contribution >= 0.6 is 0 Å². The number of pyridine rings is 1. The summed E-state index contributed by atoms with van der Waals surface area (Å²) in [5, 5.41) is 9.84. The molecule has 0 bridgehead atoms. The van der Waals surface area contributed by atoms with E-state index in [1.165, 1.54) is 41.0 Å². The monoisotopic (exact) mass is 463 g/mol. The second-order valence-electron chi connectivity index (χ2n) is 8.66. The minimum absolute atomic E-state index is 0.0401. The van der Waals surface area contributed by atoms with Gasteiger partial charge in [-0.15, -0.1) is 0 Å². The van der Waals surface area contributed by atoms with Gasteiger partial charge in [0, 0.05) is 6.04 Å². The number of fused-ring (bicyclic) bond motifs is 1. The number of nitrogens with zero attached hydrogens (tertiary/aromatic N) is 3. The van der Waals surface area contributed by atoms with Crippen LogP contribution in [-0.4, -0.2) is 25.2 Å². The van der Waals surface area contributed by atoms with E-state index in [9.17, 15) is 23.5 Å². The topological polar surface area (TPSA) is 77.1 Å². The number of aromatic nitrogens is 3. The Morgan fingerprint density at radius 1 is 1.03 bits per heavy atom. The van der Waals surface area contributed by atoms with Crippen molar-refractivity contribution in [3.63, 3.8) is 0 Å². The van der Waals surface area contributed by atoms with Gasteiger partial charge in [-0.3, -0.25) is 9.36 Å². The van der Waals surface area contributed by atoms with Crippen LogP contribution in [0.1, 0.15) is 54.2 Å². The molecule has 2 heterocycles. The second-order valence-corrected chi connectivity index (χ2v) is 8.66. The van der Waals surface area contributed by atoms with Crippen LogP contribution in [0.4, 0.5) is 8.78 Å². The van der Waals surface area contributed by atoms with Crippen LogP contribution in [0.25, 0.3) is 22.4 Å². The highest BCUT2D eigenvalue weighted by Gasteiger charge is 2.27. The van der Waals surface area contributed by atoms with Gasteiger partial charge >= 0.3 is 5.97 Å². The lowest BCUT2D eigenvalue weighted by Gasteiger charge is -2.25. The third kappa shape index (κ3) is 3.89. The molecule has 0 aliphatic heterocycles. The first-order valence-electron chi connectivity index (χ1n) is 11.3. The van der Waals surface area contributed by atoms with Crippen LogP contribution in [-0.2, 0) is 6.54 Å². The molecule has 34 heavy (non-hydrogen) atoms. The molecule has 1 aliphatic rings. The van der Waals surface area contributed by atoms with Crippen molar-refractivity contribution in [3.05, 3.63) is 87.8 Å². The molecule has 0 atom stereocenters. The normalized spacial score (nSPS) is 14.5. The standard InChI is InChI=1S/C26H23F2N3O3/c27-17-12-10-16(11-13-17)15-30-22(26(33)34)14-21-23(25(30)32)31(18-6-2-1-3-7-18)24(29-21)19-8-4-5-9-20(19)28/h4-5,8-14,18H,1-3,6-7,15H2,(H,33,34). The Morgan fingerprint density at radius 3 is 2.41 bits per heavy atom. The molecule has 0 amide bonds. The van der Waals surface area contributed by atoms with Gasteiger partial charge in [0.2, 0.25) is 0 Å². The van der Waals surface area contributed by atoms with Gasteiger partial charge in [-0.05, 0) is 48.7 Å².